The molecular formula is C98H120Cl15FO22. The maximum atomic E-state index is 11.5. The van der Waals surface area contributed by atoms with Crippen molar-refractivity contribution in [2.24, 2.45) is 35.5 Å². The number of aromatic carboxylic acids is 1. The number of unbranched alkanes of at least 4 members (excludes halogenated alkanes) is 2. The summed E-state index contributed by atoms with van der Waals surface area (Å²) in [5, 5.41) is 57.9. The Hall–Kier alpha value is -7.34. The van der Waals surface area contributed by atoms with Gasteiger partial charge in [0, 0.05) is 92.1 Å². The summed E-state index contributed by atoms with van der Waals surface area (Å²) in [7, 11) is 1.61. The lowest BCUT2D eigenvalue weighted by molar-refractivity contribution is -0.143. The molecule has 9 rings (SSSR count). The van der Waals surface area contributed by atoms with Gasteiger partial charge in [-0.05, 0) is 256 Å². The first kappa shape index (κ1) is 131. The largest absolute Gasteiger partial charge is 0.508 e. The number of methoxy groups -OCH3 is 2. The third-order valence-electron chi connectivity index (χ3n) is 18.2. The average Bonchev–Trinajstić information content (AvgIpc) is 1.68. The average molecular weight is 2200 g/mol. The fourth-order valence-electron chi connectivity index (χ4n) is 12.5. The minimum atomic E-state index is -1.11. The van der Waals surface area contributed by atoms with Crippen LogP contribution in [0.15, 0.2) is 177 Å². The van der Waals surface area contributed by atoms with E-state index in [1.807, 2.05) is 51.1 Å². The molecule has 0 aliphatic heterocycles. The molecule has 0 saturated heterocycles. The van der Waals surface area contributed by atoms with Crippen molar-refractivity contribution >= 4 is 222 Å². The molecule has 22 nitrogen and oxygen atoms in total. The van der Waals surface area contributed by atoms with Gasteiger partial charge in [0.15, 0.2) is 0 Å². The lowest BCUT2D eigenvalue weighted by Crippen LogP contribution is -2.23. The van der Waals surface area contributed by atoms with E-state index < -0.39 is 19.1 Å². The molecule has 6 N–H and O–H groups in total. The van der Waals surface area contributed by atoms with Crippen LogP contribution in [0, 0.1) is 56.3 Å². The fraction of sp³-hybridized carbons (Fsp3) is 0.408. The molecule has 38 heteroatoms. The second-order valence-corrected chi connectivity index (χ2v) is 35.7. The summed E-state index contributed by atoms with van der Waals surface area (Å²) in [6.45, 7) is 23.2. The van der Waals surface area contributed by atoms with E-state index in [1.54, 1.807) is 60.7 Å². The number of allylic oxidation sites excluding steroid dienone is 4. The summed E-state index contributed by atoms with van der Waals surface area (Å²) >= 11 is 81.8. The van der Waals surface area contributed by atoms with Crippen LogP contribution in [-0.2, 0) is 83.6 Å². The summed E-state index contributed by atoms with van der Waals surface area (Å²) in [6, 6.07) is 33.9. The molecule has 0 aromatic heterocycles. The lowest BCUT2D eigenvalue weighted by Gasteiger charge is -2.23. The van der Waals surface area contributed by atoms with Crippen LogP contribution in [0.25, 0.3) is 0 Å². The van der Waals surface area contributed by atoms with E-state index in [4.69, 9.17) is 229 Å². The Labute approximate surface area is 874 Å². The zero-order chi connectivity index (χ0) is 105. The minimum absolute atomic E-state index is 0.0185. The predicted molar refractivity (Wildman–Crippen MR) is 549 cm³/mol. The Balaban J connectivity index is -0.00000152. The number of hydrogen-bond donors (Lipinski definition) is 6. The number of ether oxygens (including phenoxy) is 8. The van der Waals surface area contributed by atoms with Gasteiger partial charge < -0.3 is 68.5 Å². The van der Waals surface area contributed by atoms with Crippen LogP contribution in [0.5, 0.6) is 23.0 Å². The number of hydrogen-bond acceptors (Lipinski definition) is 21. The molecule has 0 bridgehead atoms. The van der Waals surface area contributed by atoms with Crippen LogP contribution in [0.2, 0.25) is 35.2 Å². The molecule has 2 aliphatic carbocycles. The van der Waals surface area contributed by atoms with Crippen LogP contribution in [-0.4, -0.2) is 153 Å². The molecule has 756 valence electrons. The van der Waals surface area contributed by atoms with Crippen LogP contribution >= 0.6 is 174 Å². The van der Waals surface area contributed by atoms with Gasteiger partial charge >= 0.3 is 47.8 Å². The molecule has 8 atom stereocenters. The van der Waals surface area contributed by atoms with Crippen molar-refractivity contribution in [1.82, 2.24) is 0 Å². The van der Waals surface area contributed by atoms with Crippen molar-refractivity contribution in [2.75, 3.05) is 63.8 Å². The van der Waals surface area contributed by atoms with E-state index in [0.29, 0.717) is 102 Å². The first-order valence-electron chi connectivity index (χ1n) is 42.0. The van der Waals surface area contributed by atoms with Gasteiger partial charge in [-0.1, -0.05) is 157 Å². The van der Waals surface area contributed by atoms with E-state index in [1.165, 1.54) is 77.5 Å². The second-order valence-electron chi connectivity index (χ2n) is 29.1. The van der Waals surface area contributed by atoms with Crippen molar-refractivity contribution in [1.29, 1.82) is 0 Å². The number of carboxylic acids is 1. The van der Waals surface area contributed by atoms with E-state index >= 15 is 0 Å². The normalized spacial score (nSPS) is 15.5. The number of aromatic hydroxyl groups is 3. The molecular weight excluding hydrogens is 2080 g/mol. The number of phenolic OH excluding ortho intramolecular Hbond substituents is 3. The van der Waals surface area contributed by atoms with Gasteiger partial charge in [-0.3, -0.25) is 28.4 Å². The molecule has 2 saturated carbocycles. The van der Waals surface area contributed by atoms with Gasteiger partial charge in [0.25, 0.3) is 0 Å². The van der Waals surface area contributed by atoms with Crippen LogP contribution in [0.1, 0.15) is 170 Å². The summed E-state index contributed by atoms with van der Waals surface area (Å²) in [5.74, 6) is -0.552. The highest BCUT2D eigenvalue weighted by Crippen LogP contribution is 2.44. The summed E-state index contributed by atoms with van der Waals surface area (Å²) in [5.41, 5.74) is 7.04. The van der Waals surface area contributed by atoms with Gasteiger partial charge in [0.2, 0.25) is 0 Å². The molecule has 0 heterocycles. The minimum Gasteiger partial charge on any atom is -0.508 e. The van der Waals surface area contributed by atoms with Crippen LogP contribution < -0.4 is 4.74 Å². The molecule has 0 spiro atoms. The third-order valence-corrected chi connectivity index (χ3v) is 20.7. The number of aliphatic hydroxyl groups is 2. The standard InChI is InChI=1S/C26H34Cl2O5.C17H27ClO3.C10H11ClO2.C9H9ClO3.C9H9ClO2.C8H7ClO3.C8H9ClO.C7H5ClO3.3CH2Cl2.CH3F/c1-4-11-31-26(30)10-8-6-5-7-9-23-24(18(2)12-25(23)28)17-33-22-14-20(13-21(27)15-22)16-32-19(3)29;1-3-10-21-17(20)9-7-5-4-6-8-14-15(12-19)13(2)11-16(14)18;1-7-3-9(5-10(11)4-7)6-13-8(2)12;1-6(11)13-5-7-2-8(10)4-9(12)3-7;1-6-3-7(9(11)12-2)5-8(10)4-6;1-12-8(11)5-2-6(9)4-7(10)3-5;1-6-2-7(5-10)4-8(9)3-6;8-5-1-4(7(10)11)2-6(9)3-5;3*2-1-3;1-2/h4-5,7,13-15,18,23-25H,1,6,8-12,16-17H2,2-3H3;3-4,6,13-16,19H,1,5,7-12H2,2H3;3-5H,6H2,1-2H3;2-4,12H,5H2,1H3;3-5H,1-2H3;2-4,10H,1H3;2-4,10H,5H2,1H3;1-3,9H,(H,10,11);3*1H2;1H3/b7-5-;6-4-;;;;;;;;;;/t18-,23-,24+,25-;13-,14-,15+,16-;;;;;;;;;;/m11........../s1/i;;;;;;;;;;;1D. The number of carbonyl (C=O) groups is 8. The Morgan fingerprint density at radius 2 is 0.765 bits per heavy atom. The Morgan fingerprint density at radius 1 is 0.441 bits per heavy atom. The Morgan fingerprint density at radius 3 is 1.12 bits per heavy atom. The zero-order valence-corrected chi connectivity index (χ0v) is 88.3. The lowest BCUT2D eigenvalue weighted by atomic mass is 9.88. The topological polar surface area (TPSA) is 332 Å². The highest BCUT2D eigenvalue weighted by molar-refractivity contribution is 6.41. The van der Waals surface area contributed by atoms with E-state index in [9.17, 15) is 47.9 Å². The molecule has 0 unspecified atom stereocenters. The number of rotatable bonds is 30. The number of phenols is 3. The number of carbonyl (C=O) groups excluding carboxylic acids is 7. The van der Waals surface area contributed by atoms with Crippen LogP contribution in [0.3, 0.4) is 0 Å². The molecule has 0 radical (unpaired) electrons. The highest BCUT2D eigenvalue weighted by Gasteiger charge is 2.40. The van der Waals surface area contributed by atoms with E-state index in [0.717, 1.165) is 90.8 Å². The summed E-state index contributed by atoms with van der Waals surface area (Å²) < 4.78 is 55.1. The number of alkyl halides is 9. The van der Waals surface area contributed by atoms with Gasteiger partial charge in [-0.2, -0.15) is 0 Å². The molecule has 2 fully saturated rings. The van der Waals surface area contributed by atoms with Gasteiger partial charge in [0.1, 0.15) is 56.0 Å². The fourth-order valence-corrected chi connectivity index (χ4v) is 15.5. The number of esters is 7. The van der Waals surface area contributed by atoms with E-state index in [-0.39, 0.29) is 142 Å². The summed E-state index contributed by atoms with van der Waals surface area (Å²) in [4.78, 5) is 87.1. The van der Waals surface area contributed by atoms with Crippen molar-refractivity contribution in [2.45, 2.75) is 157 Å². The number of carboxylic acid groups (broad SMARTS) is 1. The maximum Gasteiger partial charge on any atom is 0.338 e. The monoisotopic (exact) mass is 2190 g/mol. The molecule has 0 amide bonds. The zero-order valence-electron chi connectivity index (χ0n) is 77.9. The highest BCUT2D eigenvalue weighted by atomic mass is 35.5. The number of benzene rings is 7. The van der Waals surface area contributed by atoms with Crippen molar-refractivity contribution in [3.63, 3.8) is 0 Å². The number of aliphatic hydroxyl groups excluding tert-OH is 2. The van der Waals surface area contributed by atoms with Gasteiger partial charge in [-0.15, -0.1) is 92.8 Å². The predicted octanol–water partition coefficient (Wildman–Crippen LogP) is 28.0. The molecule has 136 heavy (non-hydrogen) atoms. The molecule has 7 aromatic rings. The van der Waals surface area contributed by atoms with Gasteiger partial charge in [-0.25, -0.2) is 14.4 Å². The third kappa shape index (κ3) is 65.6. The quantitative estimate of drug-likeness (QED) is 0.00801. The van der Waals surface area contributed by atoms with Crippen molar-refractivity contribution in [3.8, 4) is 23.0 Å². The molecule has 2 aliphatic rings. The smallest absolute Gasteiger partial charge is 0.338 e. The SMILES string of the molecule is C=CCOC(=O)CCC/C=C\C[C@@H]1[C@@H](CO)[C@H](C)C[C@H]1Cl.C=CCOC(=O)CCC/C=C\C[C@@H]1[C@@H](COc2cc(Cl)cc(COC(C)=O)c2)[C@H](C)C[C@H]1Cl.CC(=O)OCc1cc(C)cc(Cl)c1.CC(=O)OCc1cc(O)cc(Cl)c1.COC(=O)c1cc(C)cc(Cl)c1.COC(=O)c1cc(O)cc(Cl)c1.Cc1cc(Cl)cc(CO)c1.ClCCl.ClCCl.ClCCl.O=C(O)c1cc(O)cc(Cl)c1.[2H]CF. The molecule has 7 aromatic carbocycles. The van der Waals surface area contributed by atoms with Gasteiger partial charge in [0.05, 0.1) is 68.7 Å². The number of aryl methyl sites for hydroxylation is 3. The first-order valence-corrected chi connectivity index (χ1v) is 48.0. The summed E-state index contributed by atoms with van der Waals surface area (Å²) in [6.07, 6.45) is 19.5. The van der Waals surface area contributed by atoms with Crippen molar-refractivity contribution < 1.29 is 113 Å². The van der Waals surface area contributed by atoms with Crippen molar-refractivity contribution in [3.05, 3.63) is 268 Å². The number of halogens is 16. The first-order chi connectivity index (χ1) is 64.8. The van der Waals surface area contributed by atoms with E-state index in [2.05, 4.69) is 60.8 Å². The second kappa shape index (κ2) is 80.3. The Bertz CT molecular complexity index is 4510. The maximum absolute atomic E-state index is 11.5. The van der Waals surface area contributed by atoms with Crippen LogP contribution in [0.4, 0.5) is 4.39 Å². The Kier molecular flexibility index (Phi) is 77.2.